The molecule has 5 atom stereocenters. The van der Waals surface area contributed by atoms with Crippen molar-refractivity contribution in [1.29, 1.82) is 0 Å². The largest absolute Gasteiger partial charge is 0.472 e. The lowest BCUT2D eigenvalue weighted by atomic mass is 10.0. The number of hydrogen-bond acceptors (Lipinski definition) is 15. The van der Waals surface area contributed by atoms with Crippen molar-refractivity contribution < 1.29 is 80.2 Å². The summed E-state index contributed by atoms with van der Waals surface area (Å²) in [4.78, 5) is 72.6. The molecule has 552 valence electrons. The molecule has 0 saturated carbocycles. The summed E-state index contributed by atoms with van der Waals surface area (Å²) < 4.78 is 68.3. The zero-order valence-electron chi connectivity index (χ0n) is 60.6. The fourth-order valence-electron chi connectivity index (χ4n) is 11.3. The average molecular weight is 1370 g/mol. The smallest absolute Gasteiger partial charge is 0.462 e. The molecule has 0 heterocycles. The second-order valence-electron chi connectivity index (χ2n) is 27.6. The van der Waals surface area contributed by atoms with Gasteiger partial charge in [-0.3, -0.25) is 37.3 Å². The Morgan fingerprint density at radius 1 is 0.290 bits per heavy atom. The van der Waals surface area contributed by atoms with Crippen molar-refractivity contribution in [2.45, 2.75) is 400 Å². The van der Waals surface area contributed by atoms with Crippen molar-refractivity contribution in [2.75, 3.05) is 39.6 Å². The first kappa shape index (κ1) is 91.1. The zero-order chi connectivity index (χ0) is 68.6. The fraction of sp³-hybridized carbons (Fsp3) is 0.946. The molecule has 0 aromatic rings. The first-order valence-electron chi connectivity index (χ1n) is 38.5. The number of hydrogen-bond donors (Lipinski definition) is 3. The Bertz CT molecular complexity index is 1800. The van der Waals surface area contributed by atoms with E-state index in [2.05, 4.69) is 41.5 Å². The summed E-state index contributed by atoms with van der Waals surface area (Å²) >= 11 is 0. The molecular formula is C74H144O17P2. The minimum absolute atomic E-state index is 0.106. The molecule has 93 heavy (non-hydrogen) atoms. The Labute approximate surface area is 568 Å². The van der Waals surface area contributed by atoms with E-state index >= 15 is 0 Å². The SMILES string of the molecule is CCCCCCCCCCCC(=O)OC[C@H](COP(=O)(O)OC[C@H](O)COP(=O)(O)OC[C@@H](COC(=O)CCCCCCCCCCCCCC(C)C)OC(=O)CCCCCCCCCCCCCCCCCCCCC(C)C)OC(=O)CCCCCCCCCCC. The van der Waals surface area contributed by atoms with Crippen LogP contribution in [0.4, 0.5) is 0 Å². The number of esters is 4. The van der Waals surface area contributed by atoms with E-state index in [-0.39, 0.29) is 25.7 Å². The van der Waals surface area contributed by atoms with Crippen LogP contribution in [-0.2, 0) is 65.4 Å². The van der Waals surface area contributed by atoms with Gasteiger partial charge in [0.2, 0.25) is 0 Å². The van der Waals surface area contributed by atoms with E-state index in [9.17, 15) is 43.2 Å². The zero-order valence-corrected chi connectivity index (χ0v) is 62.3. The summed E-state index contributed by atoms with van der Waals surface area (Å²) in [6.07, 6.45) is 52.8. The van der Waals surface area contributed by atoms with E-state index in [4.69, 9.17) is 37.0 Å². The highest BCUT2D eigenvalue weighted by Gasteiger charge is 2.30. The van der Waals surface area contributed by atoms with Gasteiger partial charge in [-0.15, -0.1) is 0 Å². The number of carbonyl (C=O) groups is 4. The lowest BCUT2D eigenvalue weighted by Gasteiger charge is -2.21. The summed E-state index contributed by atoms with van der Waals surface area (Å²) in [6, 6.07) is 0. The molecule has 3 N–H and O–H groups in total. The Balaban J connectivity index is 5.17. The second kappa shape index (κ2) is 66.0. The molecule has 19 heteroatoms. The minimum atomic E-state index is -4.95. The highest BCUT2D eigenvalue weighted by molar-refractivity contribution is 7.47. The van der Waals surface area contributed by atoms with Gasteiger partial charge in [-0.2, -0.15) is 0 Å². The summed E-state index contributed by atoms with van der Waals surface area (Å²) in [7, 11) is -9.90. The Hall–Kier alpha value is -1.94. The molecular weight excluding hydrogens is 1220 g/mol. The van der Waals surface area contributed by atoms with E-state index in [1.165, 1.54) is 199 Å². The van der Waals surface area contributed by atoms with Crippen LogP contribution in [0.1, 0.15) is 382 Å². The van der Waals surface area contributed by atoms with E-state index < -0.39 is 97.5 Å². The van der Waals surface area contributed by atoms with Gasteiger partial charge < -0.3 is 33.8 Å². The van der Waals surface area contributed by atoms with Crippen LogP contribution in [0.5, 0.6) is 0 Å². The number of phosphoric acid groups is 2. The Kier molecular flexibility index (Phi) is 64.6. The first-order chi connectivity index (χ1) is 44.9. The first-order valence-corrected chi connectivity index (χ1v) is 41.5. The fourth-order valence-corrected chi connectivity index (χ4v) is 12.9. The van der Waals surface area contributed by atoms with Crippen LogP contribution < -0.4 is 0 Å². The van der Waals surface area contributed by atoms with Crippen molar-refractivity contribution in [3.05, 3.63) is 0 Å². The lowest BCUT2D eigenvalue weighted by Crippen LogP contribution is -2.30. The predicted molar refractivity (Wildman–Crippen MR) is 377 cm³/mol. The molecule has 0 rings (SSSR count). The normalized spacial score (nSPS) is 14.1. The van der Waals surface area contributed by atoms with Crippen molar-refractivity contribution >= 4 is 39.5 Å². The van der Waals surface area contributed by atoms with Crippen LogP contribution in [0.3, 0.4) is 0 Å². The van der Waals surface area contributed by atoms with E-state index in [0.717, 1.165) is 102 Å². The minimum Gasteiger partial charge on any atom is -0.462 e. The molecule has 0 bridgehead atoms. The van der Waals surface area contributed by atoms with E-state index in [1.807, 2.05) is 0 Å². The summed E-state index contributed by atoms with van der Waals surface area (Å²) in [6.45, 7) is 9.58. The number of rotatable bonds is 73. The topological polar surface area (TPSA) is 237 Å². The summed E-state index contributed by atoms with van der Waals surface area (Å²) in [5, 5.41) is 10.6. The molecule has 0 aliphatic heterocycles. The van der Waals surface area contributed by atoms with Gasteiger partial charge in [-0.25, -0.2) is 9.13 Å². The maximum Gasteiger partial charge on any atom is 0.472 e. The van der Waals surface area contributed by atoms with Gasteiger partial charge in [0.1, 0.15) is 19.3 Å². The number of aliphatic hydroxyl groups excluding tert-OH is 1. The van der Waals surface area contributed by atoms with Crippen LogP contribution in [0.2, 0.25) is 0 Å². The van der Waals surface area contributed by atoms with Crippen molar-refractivity contribution in [3.8, 4) is 0 Å². The van der Waals surface area contributed by atoms with Crippen LogP contribution in [0, 0.1) is 11.8 Å². The van der Waals surface area contributed by atoms with Gasteiger partial charge in [0.05, 0.1) is 26.4 Å². The third kappa shape index (κ3) is 68.4. The Morgan fingerprint density at radius 3 is 0.731 bits per heavy atom. The molecule has 0 amide bonds. The molecule has 0 aromatic heterocycles. The third-order valence-electron chi connectivity index (χ3n) is 17.2. The van der Waals surface area contributed by atoms with Crippen molar-refractivity contribution in [1.82, 2.24) is 0 Å². The average Bonchev–Trinajstić information content (AvgIpc) is 2.24. The van der Waals surface area contributed by atoms with Crippen LogP contribution in [0.25, 0.3) is 0 Å². The molecule has 2 unspecified atom stereocenters. The van der Waals surface area contributed by atoms with Crippen LogP contribution >= 0.6 is 15.6 Å². The van der Waals surface area contributed by atoms with Crippen molar-refractivity contribution in [2.24, 2.45) is 11.8 Å². The Morgan fingerprint density at radius 2 is 0.495 bits per heavy atom. The molecule has 0 radical (unpaired) electrons. The molecule has 0 aromatic carbocycles. The highest BCUT2D eigenvalue weighted by Crippen LogP contribution is 2.45. The molecule has 17 nitrogen and oxygen atoms in total. The van der Waals surface area contributed by atoms with Crippen LogP contribution in [0.15, 0.2) is 0 Å². The molecule has 0 aliphatic rings. The predicted octanol–water partition coefficient (Wildman–Crippen LogP) is 21.6. The number of phosphoric ester groups is 2. The van der Waals surface area contributed by atoms with Gasteiger partial charge in [0.25, 0.3) is 0 Å². The standard InChI is InChI=1S/C74H144O17P2/c1-7-9-11-13-15-30-38-44-50-56-71(76)84-62-69(90-73(78)58-52-46-40-31-16-14-12-10-8-2)64-88-92(80,81)86-60-68(75)61-87-93(82,83)89-65-70(63-85-72(77)57-51-45-39-34-29-25-27-33-37-43-49-55-67(5)6)91-74(79)59-53-47-41-35-28-24-22-20-18-17-19-21-23-26-32-36-42-48-54-66(3)4/h66-70,75H,7-65H2,1-6H3,(H,80,81)(H,82,83)/t68-,69+,70+/m0/s1. The monoisotopic (exact) mass is 1370 g/mol. The van der Waals surface area contributed by atoms with E-state index in [0.29, 0.717) is 25.7 Å². The van der Waals surface area contributed by atoms with Gasteiger partial charge in [-0.05, 0) is 37.5 Å². The molecule has 0 spiro atoms. The second-order valence-corrected chi connectivity index (χ2v) is 30.5. The number of carbonyl (C=O) groups excluding carboxylic acids is 4. The maximum atomic E-state index is 13.1. The third-order valence-corrected chi connectivity index (χ3v) is 19.1. The van der Waals surface area contributed by atoms with Gasteiger partial charge in [-0.1, -0.05) is 330 Å². The number of ether oxygens (including phenoxy) is 4. The lowest BCUT2D eigenvalue weighted by molar-refractivity contribution is -0.161. The molecule has 0 fully saturated rings. The number of unbranched alkanes of at least 4 members (excludes halogenated alkanes) is 43. The maximum absolute atomic E-state index is 13.1. The highest BCUT2D eigenvalue weighted by atomic mass is 31.2. The number of aliphatic hydroxyl groups is 1. The van der Waals surface area contributed by atoms with Crippen molar-refractivity contribution in [3.63, 3.8) is 0 Å². The quantitative estimate of drug-likeness (QED) is 0.0222. The van der Waals surface area contributed by atoms with Gasteiger partial charge >= 0.3 is 39.5 Å². The molecule has 0 aliphatic carbocycles. The van der Waals surface area contributed by atoms with Crippen LogP contribution in [-0.4, -0.2) is 96.7 Å². The summed E-state index contributed by atoms with van der Waals surface area (Å²) in [5.41, 5.74) is 0. The van der Waals surface area contributed by atoms with Gasteiger partial charge in [0, 0.05) is 25.7 Å². The van der Waals surface area contributed by atoms with Gasteiger partial charge in [0.15, 0.2) is 12.2 Å². The van der Waals surface area contributed by atoms with E-state index in [1.54, 1.807) is 0 Å². The molecule has 0 saturated heterocycles. The summed E-state index contributed by atoms with van der Waals surface area (Å²) in [5.74, 6) is -0.530.